The van der Waals surface area contributed by atoms with Crippen molar-refractivity contribution >= 4 is 11.2 Å². The monoisotopic (exact) mass is 349 g/mol. The molecule has 0 aliphatic heterocycles. The fraction of sp³-hybridized carbons (Fsp3) is 0.158. The van der Waals surface area contributed by atoms with Crippen LogP contribution in [-0.4, -0.2) is 30.0 Å². The van der Waals surface area contributed by atoms with E-state index < -0.39 is 5.82 Å². The van der Waals surface area contributed by atoms with Crippen LogP contribution >= 0.6 is 0 Å². The fourth-order valence-electron chi connectivity index (χ4n) is 3.00. The molecule has 2 N–H and O–H groups in total. The Kier molecular flexibility index (Phi) is 3.64. The molecule has 26 heavy (non-hydrogen) atoms. The van der Waals surface area contributed by atoms with Gasteiger partial charge in [-0.1, -0.05) is 6.07 Å². The smallest absolute Gasteiger partial charge is 0.176 e. The molecule has 0 saturated heterocycles. The first-order chi connectivity index (χ1) is 12.5. The highest BCUT2D eigenvalue weighted by atomic mass is 19.1. The van der Waals surface area contributed by atoms with Gasteiger partial charge in [0.2, 0.25) is 0 Å². The summed E-state index contributed by atoms with van der Waals surface area (Å²) in [7, 11) is 0. The predicted octanol–water partition coefficient (Wildman–Crippen LogP) is 3.85. The second kappa shape index (κ2) is 5.87. The van der Waals surface area contributed by atoms with Crippen LogP contribution in [-0.2, 0) is 0 Å². The SMILES string of the molecule is Cc1ncc(-c2[nH]c3ncc(-c4c(C)ccc(O)c4C)nc3c2F)cn1. The molecule has 0 fully saturated rings. The number of aryl methyl sites for hydroxylation is 2. The number of rotatable bonds is 2. The van der Waals surface area contributed by atoms with Crippen LogP contribution in [0.5, 0.6) is 5.75 Å². The van der Waals surface area contributed by atoms with Crippen molar-refractivity contribution in [1.29, 1.82) is 0 Å². The van der Waals surface area contributed by atoms with Gasteiger partial charge in [-0.15, -0.1) is 0 Å². The number of halogens is 1. The third-order valence-corrected chi connectivity index (χ3v) is 4.41. The molecule has 0 amide bonds. The summed E-state index contributed by atoms with van der Waals surface area (Å²) >= 11 is 0. The minimum absolute atomic E-state index is 0.139. The molecule has 0 unspecified atom stereocenters. The Labute approximate surface area is 148 Å². The summed E-state index contributed by atoms with van der Waals surface area (Å²) in [5, 5.41) is 9.99. The van der Waals surface area contributed by atoms with E-state index in [0.717, 1.165) is 11.1 Å². The second-order valence-electron chi connectivity index (χ2n) is 6.19. The molecular weight excluding hydrogens is 333 g/mol. The zero-order valence-corrected chi connectivity index (χ0v) is 14.5. The average Bonchev–Trinajstić information content (AvgIpc) is 2.96. The van der Waals surface area contributed by atoms with E-state index in [1.54, 1.807) is 44.6 Å². The number of benzene rings is 1. The van der Waals surface area contributed by atoms with E-state index in [0.29, 0.717) is 28.3 Å². The Hall–Kier alpha value is -3.35. The molecule has 0 aliphatic carbocycles. The maximum Gasteiger partial charge on any atom is 0.176 e. The Balaban J connectivity index is 1.90. The average molecular weight is 349 g/mol. The molecule has 0 radical (unpaired) electrons. The van der Waals surface area contributed by atoms with Crippen molar-refractivity contribution in [2.24, 2.45) is 0 Å². The summed E-state index contributed by atoms with van der Waals surface area (Å²) in [6, 6.07) is 3.43. The van der Waals surface area contributed by atoms with Crippen molar-refractivity contribution in [3.63, 3.8) is 0 Å². The van der Waals surface area contributed by atoms with Gasteiger partial charge >= 0.3 is 0 Å². The first kappa shape index (κ1) is 16.1. The van der Waals surface area contributed by atoms with Crippen LogP contribution in [0.15, 0.2) is 30.7 Å². The quantitative estimate of drug-likeness (QED) is 0.574. The molecule has 1 aromatic carbocycles. The van der Waals surface area contributed by atoms with E-state index in [4.69, 9.17) is 0 Å². The van der Waals surface area contributed by atoms with Gasteiger partial charge in [-0.3, -0.25) is 0 Å². The normalized spacial score (nSPS) is 11.2. The van der Waals surface area contributed by atoms with E-state index in [9.17, 15) is 9.50 Å². The Morgan fingerprint density at radius 2 is 1.73 bits per heavy atom. The predicted molar refractivity (Wildman–Crippen MR) is 96.2 cm³/mol. The third-order valence-electron chi connectivity index (χ3n) is 4.41. The van der Waals surface area contributed by atoms with Gasteiger partial charge in [-0.2, -0.15) is 0 Å². The summed E-state index contributed by atoms with van der Waals surface area (Å²) in [5.41, 5.74) is 4.13. The minimum atomic E-state index is -0.503. The molecule has 0 spiro atoms. The summed E-state index contributed by atoms with van der Waals surface area (Å²) in [6.07, 6.45) is 4.68. The molecule has 7 heteroatoms. The van der Waals surface area contributed by atoms with Crippen molar-refractivity contribution in [3.8, 4) is 28.3 Å². The number of hydrogen-bond acceptors (Lipinski definition) is 5. The van der Waals surface area contributed by atoms with E-state index in [1.165, 1.54) is 0 Å². The van der Waals surface area contributed by atoms with Crippen LogP contribution in [0.3, 0.4) is 0 Å². The van der Waals surface area contributed by atoms with Crippen LogP contribution in [0, 0.1) is 26.6 Å². The number of aromatic nitrogens is 5. The summed E-state index contributed by atoms with van der Waals surface area (Å²) in [4.78, 5) is 19.9. The highest BCUT2D eigenvalue weighted by molar-refractivity contribution is 5.83. The maximum atomic E-state index is 15.0. The number of nitrogens with one attached hydrogen (secondary N) is 1. The minimum Gasteiger partial charge on any atom is -0.508 e. The third kappa shape index (κ3) is 2.48. The summed E-state index contributed by atoms with van der Waals surface area (Å²) < 4.78 is 15.0. The number of nitrogens with zero attached hydrogens (tertiary/aromatic N) is 4. The van der Waals surface area contributed by atoms with E-state index in [-0.39, 0.29) is 17.0 Å². The zero-order chi connectivity index (χ0) is 18.4. The van der Waals surface area contributed by atoms with Gasteiger partial charge in [0.25, 0.3) is 0 Å². The molecule has 4 rings (SSSR count). The van der Waals surface area contributed by atoms with Crippen molar-refractivity contribution in [3.05, 3.63) is 53.5 Å². The standard InChI is InChI=1S/C19H16FN5O/c1-9-4-5-14(26)10(2)15(9)13-8-23-19-18(24-13)16(20)17(25-19)12-6-21-11(3)22-7-12/h4-8,26H,1-3H3,(H,23,25). The van der Waals surface area contributed by atoms with Crippen molar-refractivity contribution in [1.82, 2.24) is 24.9 Å². The van der Waals surface area contributed by atoms with Crippen molar-refractivity contribution in [2.75, 3.05) is 0 Å². The number of hydrogen-bond donors (Lipinski definition) is 2. The van der Waals surface area contributed by atoms with Gasteiger partial charge in [0.15, 0.2) is 11.5 Å². The van der Waals surface area contributed by atoms with Gasteiger partial charge in [-0.05, 0) is 32.4 Å². The first-order valence-corrected chi connectivity index (χ1v) is 8.08. The van der Waals surface area contributed by atoms with Crippen molar-refractivity contribution < 1.29 is 9.50 Å². The highest BCUT2D eigenvalue weighted by Crippen LogP contribution is 2.33. The molecule has 0 aliphatic rings. The Bertz CT molecular complexity index is 1140. The number of phenolic OH excluding ortho intramolecular Hbond substituents is 1. The molecule has 0 saturated carbocycles. The molecule has 0 bridgehead atoms. The molecule has 3 heterocycles. The molecule has 3 aromatic heterocycles. The first-order valence-electron chi connectivity index (χ1n) is 8.08. The Morgan fingerprint density at radius 3 is 2.46 bits per heavy atom. The summed E-state index contributed by atoms with van der Waals surface area (Å²) in [6.45, 7) is 5.48. The lowest BCUT2D eigenvalue weighted by Crippen LogP contribution is -1.94. The van der Waals surface area contributed by atoms with Gasteiger partial charge in [0.1, 0.15) is 17.1 Å². The molecule has 4 aromatic rings. The lowest BCUT2D eigenvalue weighted by molar-refractivity contribution is 0.471. The van der Waals surface area contributed by atoms with Crippen LogP contribution in [0.25, 0.3) is 33.7 Å². The van der Waals surface area contributed by atoms with Gasteiger partial charge in [0, 0.05) is 29.1 Å². The molecular formula is C19H16FN5O. The number of fused-ring (bicyclic) bond motifs is 1. The number of phenols is 1. The molecule has 0 atom stereocenters. The van der Waals surface area contributed by atoms with Gasteiger partial charge in [-0.25, -0.2) is 24.3 Å². The van der Waals surface area contributed by atoms with Crippen LogP contribution in [0.2, 0.25) is 0 Å². The van der Waals surface area contributed by atoms with Crippen LogP contribution in [0.1, 0.15) is 17.0 Å². The van der Waals surface area contributed by atoms with Gasteiger partial charge < -0.3 is 10.1 Å². The lowest BCUT2D eigenvalue weighted by Gasteiger charge is -2.10. The highest BCUT2D eigenvalue weighted by Gasteiger charge is 2.18. The number of H-pyrrole nitrogens is 1. The van der Waals surface area contributed by atoms with E-state index in [2.05, 4.69) is 24.9 Å². The van der Waals surface area contributed by atoms with Crippen molar-refractivity contribution in [2.45, 2.75) is 20.8 Å². The van der Waals surface area contributed by atoms with E-state index in [1.807, 2.05) is 6.92 Å². The maximum absolute atomic E-state index is 15.0. The Morgan fingerprint density at radius 1 is 1.00 bits per heavy atom. The summed E-state index contributed by atoms with van der Waals surface area (Å²) in [5.74, 6) is 0.274. The molecule has 130 valence electrons. The van der Waals surface area contributed by atoms with Crippen LogP contribution < -0.4 is 0 Å². The largest absolute Gasteiger partial charge is 0.508 e. The fourth-order valence-corrected chi connectivity index (χ4v) is 3.00. The zero-order valence-electron chi connectivity index (χ0n) is 14.5. The number of aromatic hydroxyl groups is 1. The molecule has 6 nitrogen and oxygen atoms in total. The second-order valence-corrected chi connectivity index (χ2v) is 6.19. The van der Waals surface area contributed by atoms with Crippen LogP contribution in [0.4, 0.5) is 4.39 Å². The van der Waals surface area contributed by atoms with Gasteiger partial charge in [0.05, 0.1) is 17.6 Å². The lowest BCUT2D eigenvalue weighted by atomic mass is 9.99. The topological polar surface area (TPSA) is 87.6 Å². The van der Waals surface area contributed by atoms with E-state index >= 15 is 0 Å². The number of aromatic amines is 1.